The summed E-state index contributed by atoms with van der Waals surface area (Å²) >= 11 is 0. The van der Waals surface area contributed by atoms with E-state index in [1.165, 1.54) is 25.4 Å². The van der Waals surface area contributed by atoms with Crippen LogP contribution in [0.15, 0.2) is 66.7 Å². The minimum Gasteiger partial charge on any atom is -0.497 e. The van der Waals surface area contributed by atoms with Gasteiger partial charge in [-0.15, -0.1) is 0 Å². The molecule has 0 spiro atoms. The maximum atomic E-state index is 13.2. The molecule has 0 heterocycles. The number of nitrogens with one attached hydrogen (secondary N) is 4. The number of carbonyl (C=O) groups is 2. The maximum absolute atomic E-state index is 13.2. The van der Waals surface area contributed by atoms with Crippen molar-refractivity contribution in [1.82, 2.24) is 10.6 Å². The van der Waals surface area contributed by atoms with Gasteiger partial charge in [0.2, 0.25) is 0 Å². The number of benzene rings is 3. The molecule has 8 nitrogen and oxygen atoms in total. The lowest BCUT2D eigenvalue weighted by molar-refractivity contribution is -0.139. The Morgan fingerprint density at radius 1 is 1.00 bits per heavy atom. The fourth-order valence-electron chi connectivity index (χ4n) is 3.42. The average Bonchev–Trinajstić information content (AvgIpc) is 2.88. The van der Waals surface area contributed by atoms with Crippen LogP contribution in [0.25, 0.3) is 0 Å². The van der Waals surface area contributed by atoms with Crippen LogP contribution in [0.4, 0.5) is 15.8 Å². The second-order valence-electron chi connectivity index (χ2n) is 7.68. The molecule has 0 saturated heterocycles. The van der Waals surface area contributed by atoms with Gasteiger partial charge in [-0.2, -0.15) is 0 Å². The zero-order chi connectivity index (χ0) is 25.4. The molecule has 2 atom stereocenters. The van der Waals surface area contributed by atoms with E-state index in [0.717, 1.165) is 5.56 Å². The van der Waals surface area contributed by atoms with E-state index >= 15 is 0 Å². The van der Waals surface area contributed by atoms with Gasteiger partial charge in [-0.1, -0.05) is 12.1 Å². The number of hydrogen-bond donors (Lipinski definition) is 4. The lowest BCUT2D eigenvalue weighted by Crippen LogP contribution is -2.45. The minimum absolute atomic E-state index is 0.340. The number of hydrogen-bond acceptors (Lipinski definition) is 6. The number of halogens is 1. The number of carbonyl (C=O) groups excluding carboxylic acids is 2. The van der Waals surface area contributed by atoms with Crippen molar-refractivity contribution in [3.05, 3.63) is 83.7 Å². The largest absolute Gasteiger partial charge is 0.497 e. The van der Waals surface area contributed by atoms with Gasteiger partial charge in [-0.25, -0.2) is 4.39 Å². The Bertz CT molecular complexity index is 1200. The second kappa shape index (κ2) is 11.6. The van der Waals surface area contributed by atoms with E-state index in [4.69, 9.17) is 14.9 Å². The molecular weight excluding hydrogens is 451 g/mol. The van der Waals surface area contributed by atoms with Crippen molar-refractivity contribution in [2.75, 3.05) is 19.5 Å². The molecule has 3 aromatic carbocycles. The highest BCUT2D eigenvalue weighted by Crippen LogP contribution is 2.30. The Kier molecular flexibility index (Phi) is 8.39. The molecule has 2 amide bonds. The first-order valence-electron chi connectivity index (χ1n) is 10.8. The van der Waals surface area contributed by atoms with Gasteiger partial charge in [0.05, 0.1) is 13.2 Å². The van der Waals surface area contributed by atoms with Crippen LogP contribution < -0.4 is 25.4 Å². The van der Waals surface area contributed by atoms with Crippen molar-refractivity contribution in [2.45, 2.75) is 19.1 Å². The molecular formula is C26H27FN4O4. The number of methoxy groups -OCH3 is 1. The van der Waals surface area contributed by atoms with Gasteiger partial charge >= 0.3 is 11.8 Å². The van der Waals surface area contributed by atoms with Crippen LogP contribution in [-0.4, -0.2) is 38.2 Å². The SMILES string of the molecule is CNC(=O)C(=O)N[C@@H](C)[C@H](Oc1ccc(Nc2ccc(F)cc2)c(C=N)c1)c1cccc(OC)c1. The van der Waals surface area contributed by atoms with E-state index in [1.54, 1.807) is 62.6 Å². The van der Waals surface area contributed by atoms with Gasteiger partial charge in [0.1, 0.15) is 23.4 Å². The number of rotatable bonds is 9. The van der Waals surface area contributed by atoms with Gasteiger partial charge in [-0.3, -0.25) is 9.59 Å². The van der Waals surface area contributed by atoms with Crippen molar-refractivity contribution >= 4 is 29.4 Å². The fourth-order valence-corrected chi connectivity index (χ4v) is 3.42. The summed E-state index contributed by atoms with van der Waals surface area (Å²) in [5, 5.41) is 15.9. The molecule has 0 unspecified atom stereocenters. The van der Waals surface area contributed by atoms with Gasteiger partial charge in [0.25, 0.3) is 0 Å². The van der Waals surface area contributed by atoms with E-state index in [0.29, 0.717) is 28.4 Å². The molecule has 0 radical (unpaired) electrons. The Balaban J connectivity index is 1.89. The van der Waals surface area contributed by atoms with Gasteiger partial charge < -0.3 is 30.8 Å². The van der Waals surface area contributed by atoms with Gasteiger partial charge in [0.15, 0.2) is 0 Å². The summed E-state index contributed by atoms with van der Waals surface area (Å²) in [6.45, 7) is 1.73. The van der Waals surface area contributed by atoms with E-state index < -0.39 is 24.0 Å². The Hall–Kier alpha value is -4.40. The highest BCUT2D eigenvalue weighted by molar-refractivity contribution is 6.35. The predicted molar refractivity (Wildman–Crippen MR) is 132 cm³/mol. The van der Waals surface area contributed by atoms with Crippen LogP contribution in [0, 0.1) is 11.2 Å². The molecule has 0 saturated carbocycles. The maximum Gasteiger partial charge on any atom is 0.309 e. The van der Waals surface area contributed by atoms with E-state index in [-0.39, 0.29) is 5.82 Å². The fraction of sp³-hybridized carbons (Fsp3) is 0.192. The van der Waals surface area contributed by atoms with E-state index in [9.17, 15) is 14.0 Å². The molecule has 0 aliphatic carbocycles. The van der Waals surface area contributed by atoms with Gasteiger partial charge in [0, 0.05) is 30.2 Å². The Labute approximate surface area is 203 Å². The van der Waals surface area contributed by atoms with Crippen molar-refractivity contribution < 1.29 is 23.5 Å². The molecule has 9 heteroatoms. The smallest absolute Gasteiger partial charge is 0.309 e. The summed E-state index contributed by atoms with van der Waals surface area (Å²) in [5.74, 6) is -0.825. The van der Waals surface area contributed by atoms with Crippen LogP contribution in [0.3, 0.4) is 0 Å². The molecule has 0 aliphatic rings. The summed E-state index contributed by atoms with van der Waals surface area (Å²) in [4.78, 5) is 23.9. The molecule has 0 fully saturated rings. The molecule has 35 heavy (non-hydrogen) atoms. The van der Waals surface area contributed by atoms with Crippen LogP contribution in [0.2, 0.25) is 0 Å². The van der Waals surface area contributed by atoms with E-state index in [2.05, 4.69) is 16.0 Å². The Morgan fingerprint density at radius 2 is 1.74 bits per heavy atom. The molecule has 0 bridgehead atoms. The molecule has 4 N–H and O–H groups in total. The number of anilines is 2. The zero-order valence-electron chi connectivity index (χ0n) is 19.6. The van der Waals surface area contributed by atoms with Crippen LogP contribution >= 0.6 is 0 Å². The second-order valence-corrected chi connectivity index (χ2v) is 7.68. The third kappa shape index (κ3) is 6.57. The standard InChI is InChI=1S/C26H27FN4O4/c1-16(30-26(33)25(32)29-2)24(17-5-4-6-21(13-17)34-3)35-22-11-12-23(18(14-22)15-28)31-20-9-7-19(27)8-10-20/h4-16,24,28,31H,1-3H3,(H,29,32)(H,30,33)/t16-,24-/m0/s1. The lowest BCUT2D eigenvalue weighted by Gasteiger charge is -2.27. The van der Waals surface area contributed by atoms with Gasteiger partial charge in [-0.05, 0) is 67.1 Å². The first kappa shape index (κ1) is 25.2. The summed E-state index contributed by atoms with van der Waals surface area (Å²) in [6.07, 6.45) is 0.504. The summed E-state index contributed by atoms with van der Waals surface area (Å²) in [7, 11) is 2.93. The molecule has 3 aromatic rings. The first-order chi connectivity index (χ1) is 16.8. The number of amides is 2. The highest BCUT2D eigenvalue weighted by atomic mass is 19.1. The van der Waals surface area contributed by atoms with Crippen molar-refractivity contribution in [3.63, 3.8) is 0 Å². The van der Waals surface area contributed by atoms with Crippen molar-refractivity contribution in [1.29, 1.82) is 5.41 Å². The van der Waals surface area contributed by atoms with E-state index in [1.807, 2.05) is 6.07 Å². The third-order valence-corrected chi connectivity index (χ3v) is 5.23. The third-order valence-electron chi connectivity index (χ3n) is 5.23. The normalized spacial score (nSPS) is 12.1. The molecule has 3 rings (SSSR count). The number of ether oxygens (including phenoxy) is 2. The Morgan fingerprint density at radius 3 is 2.40 bits per heavy atom. The van der Waals surface area contributed by atoms with Crippen LogP contribution in [0.1, 0.15) is 24.2 Å². The molecule has 0 aliphatic heterocycles. The number of likely N-dealkylation sites (N-methyl/N-ethyl adjacent to an activating group) is 1. The predicted octanol–water partition coefficient (Wildman–Crippen LogP) is 3.95. The van der Waals surface area contributed by atoms with Crippen LogP contribution in [-0.2, 0) is 9.59 Å². The first-order valence-corrected chi connectivity index (χ1v) is 10.8. The summed E-state index contributed by atoms with van der Waals surface area (Å²) in [5.41, 5.74) is 2.57. The molecule has 182 valence electrons. The topological polar surface area (TPSA) is 113 Å². The molecule has 0 aromatic heterocycles. The minimum atomic E-state index is -0.782. The summed E-state index contributed by atoms with van der Waals surface area (Å²) in [6, 6.07) is 17.7. The zero-order valence-corrected chi connectivity index (χ0v) is 19.6. The summed E-state index contributed by atoms with van der Waals surface area (Å²) < 4.78 is 24.8. The quantitative estimate of drug-likeness (QED) is 0.275. The lowest BCUT2D eigenvalue weighted by atomic mass is 10.0. The highest BCUT2D eigenvalue weighted by Gasteiger charge is 2.26. The van der Waals surface area contributed by atoms with Crippen molar-refractivity contribution in [2.24, 2.45) is 0 Å². The van der Waals surface area contributed by atoms with Crippen molar-refractivity contribution in [3.8, 4) is 11.5 Å². The van der Waals surface area contributed by atoms with Crippen LogP contribution in [0.5, 0.6) is 11.5 Å². The average molecular weight is 479 g/mol. The monoisotopic (exact) mass is 478 g/mol.